The van der Waals surface area contributed by atoms with Gasteiger partial charge in [0.2, 0.25) is 15.9 Å². The zero-order chi connectivity index (χ0) is 23.8. The summed E-state index contributed by atoms with van der Waals surface area (Å²) in [5.41, 5.74) is 0.494. The van der Waals surface area contributed by atoms with E-state index in [0.29, 0.717) is 24.5 Å². The Morgan fingerprint density at radius 3 is 2.45 bits per heavy atom. The van der Waals surface area contributed by atoms with Gasteiger partial charge in [-0.15, -0.1) is 0 Å². The van der Waals surface area contributed by atoms with Gasteiger partial charge in [0.15, 0.2) is 0 Å². The van der Waals surface area contributed by atoms with E-state index in [2.05, 4.69) is 10.6 Å². The third-order valence-corrected chi connectivity index (χ3v) is 7.31. The Bertz CT molecular complexity index is 1100. The molecule has 1 aliphatic heterocycles. The van der Waals surface area contributed by atoms with Crippen LogP contribution >= 0.6 is 0 Å². The van der Waals surface area contributed by atoms with Crippen LogP contribution in [0.5, 0.6) is 5.75 Å². The highest BCUT2D eigenvalue weighted by Gasteiger charge is 2.26. The second-order valence-electron chi connectivity index (χ2n) is 7.68. The number of ether oxygens (including phenoxy) is 1. The fourth-order valence-electron chi connectivity index (χ4n) is 3.68. The molecule has 1 amide bonds. The minimum atomic E-state index is -3.68. The zero-order valence-corrected chi connectivity index (χ0v) is 19.3. The van der Waals surface area contributed by atoms with Crippen LogP contribution in [0.3, 0.4) is 0 Å². The van der Waals surface area contributed by atoms with Crippen molar-refractivity contribution in [2.75, 3.05) is 37.4 Å². The Labute approximate surface area is 193 Å². The van der Waals surface area contributed by atoms with Gasteiger partial charge in [0.1, 0.15) is 11.4 Å². The maximum Gasteiger partial charge on any atom is 0.292 e. The molecule has 3 rings (SSSR count). The lowest BCUT2D eigenvalue weighted by molar-refractivity contribution is -0.384. The van der Waals surface area contributed by atoms with Crippen LogP contribution in [-0.2, 0) is 14.8 Å². The van der Waals surface area contributed by atoms with Crippen molar-refractivity contribution in [3.8, 4) is 5.75 Å². The van der Waals surface area contributed by atoms with E-state index in [4.69, 9.17) is 4.74 Å². The number of methoxy groups -OCH3 is 1. The van der Waals surface area contributed by atoms with Gasteiger partial charge in [0.25, 0.3) is 5.69 Å². The highest BCUT2D eigenvalue weighted by Crippen LogP contribution is 2.30. The fourth-order valence-corrected chi connectivity index (χ4v) is 5.23. The molecule has 1 heterocycles. The number of amides is 1. The number of rotatable bonds is 9. The first kappa shape index (κ1) is 24.5. The van der Waals surface area contributed by atoms with Crippen molar-refractivity contribution in [1.29, 1.82) is 0 Å². The molecule has 2 aromatic carbocycles. The summed E-state index contributed by atoms with van der Waals surface area (Å²) in [6, 6.07) is 10.6. The average molecular weight is 477 g/mol. The molecule has 178 valence electrons. The first-order valence-corrected chi connectivity index (χ1v) is 12.2. The Hall–Kier alpha value is -3.18. The lowest BCUT2D eigenvalue weighted by Gasteiger charge is -2.21. The standard InChI is InChI=1S/C22H28N4O6S/c1-32-21-11-10-17(33(30,31)25-14-6-2-3-7-15-25)16-19(21)24-22(27)12-13-23-18-8-4-5-9-20(18)26(28)29/h4-5,8-11,16,23H,2-3,6-7,12-15H2,1H3,(H,24,27). The lowest BCUT2D eigenvalue weighted by Crippen LogP contribution is -2.32. The van der Waals surface area contributed by atoms with Crippen LogP contribution in [-0.4, -0.2) is 50.3 Å². The Morgan fingerprint density at radius 2 is 1.79 bits per heavy atom. The largest absolute Gasteiger partial charge is 0.495 e. The Morgan fingerprint density at radius 1 is 1.09 bits per heavy atom. The molecule has 10 nitrogen and oxygen atoms in total. The molecular weight excluding hydrogens is 448 g/mol. The second kappa shape index (κ2) is 11.1. The number of nitro benzene ring substituents is 1. The van der Waals surface area contributed by atoms with E-state index < -0.39 is 14.9 Å². The molecule has 0 aliphatic carbocycles. The summed E-state index contributed by atoms with van der Waals surface area (Å²) in [6.07, 6.45) is 3.68. The van der Waals surface area contributed by atoms with E-state index in [1.165, 1.54) is 35.7 Å². The van der Waals surface area contributed by atoms with E-state index in [-0.39, 0.29) is 35.1 Å². The Kier molecular flexibility index (Phi) is 8.23. The summed E-state index contributed by atoms with van der Waals surface area (Å²) in [5.74, 6) is -0.0477. The van der Waals surface area contributed by atoms with Gasteiger partial charge in [-0.1, -0.05) is 25.0 Å². The van der Waals surface area contributed by atoms with Crippen LogP contribution < -0.4 is 15.4 Å². The molecule has 0 atom stereocenters. The van der Waals surface area contributed by atoms with Crippen molar-refractivity contribution in [2.45, 2.75) is 37.0 Å². The van der Waals surface area contributed by atoms with Gasteiger partial charge in [-0.3, -0.25) is 14.9 Å². The molecule has 33 heavy (non-hydrogen) atoms. The molecule has 11 heteroatoms. The SMILES string of the molecule is COc1ccc(S(=O)(=O)N2CCCCCC2)cc1NC(=O)CCNc1ccccc1[N+](=O)[O-]. The van der Waals surface area contributed by atoms with Crippen molar-refractivity contribution in [2.24, 2.45) is 0 Å². The topological polar surface area (TPSA) is 131 Å². The van der Waals surface area contributed by atoms with Gasteiger partial charge >= 0.3 is 0 Å². The summed E-state index contributed by atoms with van der Waals surface area (Å²) in [6.45, 7) is 1.12. The van der Waals surface area contributed by atoms with Crippen LogP contribution in [0.15, 0.2) is 47.4 Å². The molecular formula is C22H28N4O6S. The van der Waals surface area contributed by atoms with Crippen LogP contribution in [0.4, 0.5) is 17.1 Å². The maximum absolute atomic E-state index is 13.1. The number of nitrogens with one attached hydrogen (secondary N) is 2. The number of benzene rings is 2. The molecule has 0 aromatic heterocycles. The number of hydrogen-bond donors (Lipinski definition) is 2. The quantitative estimate of drug-likeness (QED) is 0.417. The monoisotopic (exact) mass is 476 g/mol. The van der Waals surface area contributed by atoms with Crippen molar-refractivity contribution >= 4 is 33.0 Å². The van der Waals surface area contributed by atoms with Gasteiger partial charge in [0, 0.05) is 32.1 Å². The number of para-hydroxylation sites is 2. The van der Waals surface area contributed by atoms with Gasteiger partial charge in [-0.25, -0.2) is 8.42 Å². The van der Waals surface area contributed by atoms with Gasteiger partial charge in [-0.05, 0) is 37.1 Å². The van der Waals surface area contributed by atoms with Crippen LogP contribution in [0.25, 0.3) is 0 Å². The minimum Gasteiger partial charge on any atom is -0.495 e. The molecule has 1 saturated heterocycles. The van der Waals surface area contributed by atoms with Crippen LogP contribution in [0, 0.1) is 10.1 Å². The zero-order valence-electron chi connectivity index (χ0n) is 18.5. The number of carbonyl (C=O) groups is 1. The molecule has 0 spiro atoms. The third kappa shape index (κ3) is 6.20. The predicted molar refractivity (Wildman–Crippen MR) is 125 cm³/mol. The van der Waals surface area contributed by atoms with Crippen molar-refractivity contribution < 1.29 is 22.9 Å². The van der Waals surface area contributed by atoms with Crippen LogP contribution in [0.2, 0.25) is 0 Å². The summed E-state index contributed by atoms with van der Waals surface area (Å²) in [5, 5.41) is 16.7. The van der Waals surface area contributed by atoms with Gasteiger partial charge in [-0.2, -0.15) is 4.31 Å². The van der Waals surface area contributed by atoms with E-state index in [0.717, 1.165) is 25.7 Å². The van der Waals surface area contributed by atoms with E-state index in [1.807, 2.05) is 0 Å². The number of hydrogen-bond acceptors (Lipinski definition) is 7. The number of anilines is 2. The van der Waals surface area contributed by atoms with Crippen LogP contribution in [0.1, 0.15) is 32.1 Å². The summed E-state index contributed by atoms with van der Waals surface area (Å²) < 4.78 is 33.0. The third-order valence-electron chi connectivity index (χ3n) is 5.42. The molecule has 0 bridgehead atoms. The number of nitro groups is 1. The average Bonchev–Trinajstić information content (AvgIpc) is 3.09. The highest BCUT2D eigenvalue weighted by atomic mass is 32.2. The summed E-state index contributed by atoms with van der Waals surface area (Å²) in [7, 11) is -2.25. The van der Waals surface area contributed by atoms with E-state index in [1.54, 1.807) is 18.2 Å². The molecule has 0 saturated carbocycles. The molecule has 1 fully saturated rings. The summed E-state index contributed by atoms with van der Waals surface area (Å²) in [4.78, 5) is 23.2. The fraction of sp³-hybridized carbons (Fsp3) is 0.409. The lowest BCUT2D eigenvalue weighted by atomic mass is 10.2. The highest BCUT2D eigenvalue weighted by molar-refractivity contribution is 7.89. The first-order chi connectivity index (χ1) is 15.8. The van der Waals surface area contributed by atoms with E-state index in [9.17, 15) is 23.3 Å². The first-order valence-electron chi connectivity index (χ1n) is 10.8. The molecule has 1 aliphatic rings. The maximum atomic E-state index is 13.1. The van der Waals surface area contributed by atoms with Gasteiger partial charge in [0.05, 0.1) is 22.6 Å². The second-order valence-corrected chi connectivity index (χ2v) is 9.62. The summed E-state index contributed by atoms with van der Waals surface area (Å²) >= 11 is 0. The number of sulfonamides is 1. The van der Waals surface area contributed by atoms with E-state index >= 15 is 0 Å². The number of carbonyl (C=O) groups excluding carboxylic acids is 1. The molecule has 2 aromatic rings. The minimum absolute atomic E-state index is 0.0122. The molecule has 0 unspecified atom stereocenters. The van der Waals surface area contributed by atoms with Crippen molar-refractivity contribution in [3.05, 3.63) is 52.6 Å². The predicted octanol–water partition coefficient (Wildman–Crippen LogP) is 3.61. The normalized spacial score (nSPS) is 14.8. The van der Waals surface area contributed by atoms with Crippen molar-refractivity contribution in [1.82, 2.24) is 4.31 Å². The molecule has 0 radical (unpaired) electrons. The number of nitrogens with zero attached hydrogens (tertiary/aromatic N) is 2. The van der Waals surface area contributed by atoms with Crippen molar-refractivity contribution in [3.63, 3.8) is 0 Å². The van der Waals surface area contributed by atoms with Gasteiger partial charge < -0.3 is 15.4 Å². The molecule has 2 N–H and O–H groups in total. The smallest absolute Gasteiger partial charge is 0.292 e. The Balaban J connectivity index is 1.68.